The smallest absolute Gasteiger partial charge is 0.343 e. The molecule has 1 aliphatic heterocycles. The van der Waals surface area contributed by atoms with Crippen LogP contribution in [0.2, 0.25) is 0 Å². The number of fused-ring (bicyclic) bond motifs is 3. The Bertz CT molecular complexity index is 1290. The number of benzene rings is 2. The molecule has 0 spiro atoms. The van der Waals surface area contributed by atoms with E-state index in [4.69, 9.17) is 9.47 Å². The molecule has 2 aliphatic rings. The van der Waals surface area contributed by atoms with Gasteiger partial charge in [0.15, 0.2) is 11.5 Å². The summed E-state index contributed by atoms with van der Waals surface area (Å²) < 4.78 is 11.4. The standard InChI is InChI=1S/C29H32N2O4S/c1-5-34-22-15-18(11-14-21(22)35-28(33)17-9-7-6-8-10-17)25-30-26(32)24-20-13-12-19(29(2,3)4)16-23(20)36-27(24)31-25/h6-11,14-15,19,25,31H,5,12-13,16H2,1-4H3,(H,30,32)/t19-,25-/m0/s1. The summed E-state index contributed by atoms with van der Waals surface area (Å²) in [6, 6.07) is 14.2. The Morgan fingerprint density at radius 3 is 2.58 bits per heavy atom. The molecule has 2 heterocycles. The molecule has 1 aliphatic carbocycles. The number of ether oxygens (including phenoxy) is 2. The highest BCUT2D eigenvalue weighted by molar-refractivity contribution is 7.16. The molecule has 0 saturated carbocycles. The lowest BCUT2D eigenvalue weighted by Gasteiger charge is -2.34. The molecular formula is C29H32N2O4S. The van der Waals surface area contributed by atoms with Crippen LogP contribution in [0.5, 0.6) is 11.5 Å². The number of nitrogens with one attached hydrogen (secondary N) is 2. The zero-order valence-corrected chi connectivity index (χ0v) is 22.0. The van der Waals surface area contributed by atoms with Gasteiger partial charge < -0.3 is 20.1 Å². The molecule has 0 radical (unpaired) electrons. The lowest BCUT2D eigenvalue weighted by Crippen LogP contribution is -2.38. The Morgan fingerprint density at radius 1 is 1.08 bits per heavy atom. The van der Waals surface area contributed by atoms with Gasteiger partial charge in [-0.25, -0.2) is 4.79 Å². The summed E-state index contributed by atoms with van der Waals surface area (Å²) in [7, 11) is 0. The van der Waals surface area contributed by atoms with Crippen LogP contribution in [0, 0.1) is 11.3 Å². The molecule has 0 unspecified atom stereocenters. The van der Waals surface area contributed by atoms with Crippen molar-refractivity contribution in [1.29, 1.82) is 0 Å². The van der Waals surface area contributed by atoms with Crippen LogP contribution >= 0.6 is 11.3 Å². The third-order valence-corrected chi connectivity index (χ3v) is 8.27. The predicted octanol–water partition coefficient (Wildman–Crippen LogP) is 6.37. The van der Waals surface area contributed by atoms with Gasteiger partial charge in [0, 0.05) is 4.88 Å². The van der Waals surface area contributed by atoms with Crippen molar-refractivity contribution >= 4 is 28.2 Å². The van der Waals surface area contributed by atoms with E-state index in [0.29, 0.717) is 29.6 Å². The molecule has 188 valence electrons. The first-order chi connectivity index (χ1) is 17.2. The first kappa shape index (κ1) is 24.4. The van der Waals surface area contributed by atoms with Crippen molar-refractivity contribution in [2.75, 3.05) is 11.9 Å². The van der Waals surface area contributed by atoms with Crippen LogP contribution in [0.25, 0.3) is 0 Å². The molecule has 0 bridgehead atoms. The largest absolute Gasteiger partial charge is 0.490 e. The molecule has 1 aromatic heterocycles. The summed E-state index contributed by atoms with van der Waals surface area (Å²) in [5.74, 6) is 0.925. The van der Waals surface area contributed by atoms with Crippen molar-refractivity contribution in [1.82, 2.24) is 5.32 Å². The van der Waals surface area contributed by atoms with Gasteiger partial charge in [-0.2, -0.15) is 0 Å². The number of rotatable bonds is 5. The predicted molar refractivity (Wildman–Crippen MR) is 142 cm³/mol. The minimum Gasteiger partial charge on any atom is -0.490 e. The van der Waals surface area contributed by atoms with Crippen molar-refractivity contribution in [3.05, 3.63) is 75.7 Å². The second kappa shape index (κ2) is 9.62. The van der Waals surface area contributed by atoms with Crippen molar-refractivity contribution < 1.29 is 19.1 Å². The third-order valence-electron chi connectivity index (χ3n) is 7.08. The number of thiophene rings is 1. The summed E-state index contributed by atoms with van der Waals surface area (Å²) in [6.07, 6.45) is 2.67. The molecule has 0 saturated heterocycles. The quantitative estimate of drug-likeness (QED) is 0.312. The minimum atomic E-state index is -0.448. The van der Waals surface area contributed by atoms with Crippen LogP contribution < -0.4 is 20.1 Å². The second-order valence-corrected chi connectivity index (χ2v) is 11.6. The van der Waals surface area contributed by atoms with E-state index in [2.05, 4.69) is 31.4 Å². The molecular weight excluding hydrogens is 472 g/mol. The zero-order chi connectivity index (χ0) is 25.4. The Morgan fingerprint density at radius 2 is 1.86 bits per heavy atom. The molecule has 5 rings (SSSR count). The van der Waals surface area contributed by atoms with E-state index in [1.54, 1.807) is 41.7 Å². The fourth-order valence-corrected chi connectivity index (χ4v) is 6.35. The van der Waals surface area contributed by atoms with Gasteiger partial charge in [-0.3, -0.25) is 4.79 Å². The molecule has 2 aromatic carbocycles. The monoisotopic (exact) mass is 504 g/mol. The fourth-order valence-electron chi connectivity index (χ4n) is 4.99. The van der Waals surface area contributed by atoms with Crippen molar-refractivity contribution in [3.8, 4) is 11.5 Å². The zero-order valence-electron chi connectivity index (χ0n) is 21.1. The van der Waals surface area contributed by atoms with Gasteiger partial charge in [-0.05, 0) is 72.9 Å². The SMILES string of the molecule is CCOc1cc([C@H]2NC(=O)c3c(sc4c3CC[C@H](C(C)(C)C)C4)N2)ccc1OC(=O)c1ccccc1. The first-order valence-corrected chi connectivity index (χ1v) is 13.3. The van der Waals surface area contributed by atoms with Gasteiger partial charge >= 0.3 is 5.97 Å². The van der Waals surface area contributed by atoms with E-state index in [1.165, 1.54) is 10.4 Å². The van der Waals surface area contributed by atoms with Gasteiger partial charge in [0.05, 0.1) is 17.7 Å². The summed E-state index contributed by atoms with van der Waals surface area (Å²) in [4.78, 5) is 27.1. The van der Waals surface area contributed by atoms with E-state index in [-0.39, 0.29) is 11.3 Å². The highest BCUT2D eigenvalue weighted by atomic mass is 32.1. The summed E-state index contributed by atoms with van der Waals surface area (Å²) >= 11 is 1.71. The molecule has 7 heteroatoms. The van der Waals surface area contributed by atoms with E-state index in [0.717, 1.165) is 35.4 Å². The lowest BCUT2D eigenvalue weighted by atomic mass is 9.72. The molecule has 6 nitrogen and oxygen atoms in total. The highest BCUT2D eigenvalue weighted by Gasteiger charge is 2.36. The van der Waals surface area contributed by atoms with E-state index >= 15 is 0 Å². The number of esters is 1. The molecule has 2 N–H and O–H groups in total. The first-order valence-electron chi connectivity index (χ1n) is 12.5. The average molecular weight is 505 g/mol. The van der Waals surface area contributed by atoms with E-state index in [9.17, 15) is 9.59 Å². The van der Waals surface area contributed by atoms with E-state index < -0.39 is 12.1 Å². The number of anilines is 1. The maximum absolute atomic E-state index is 13.2. The lowest BCUT2D eigenvalue weighted by molar-refractivity contribution is 0.0728. The summed E-state index contributed by atoms with van der Waals surface area (Å²) in [5.41, 5.74) is 3.56. The summed E-state index contributed by atoms with van der Waals surface area (Å²) in [6.45, 7) is 9.19. The topological polar surface area (TPSA) is 76.7 Å². The number of amides is 1. The maximum Gasteiger partial charge on any atom is 0.343 e. The Balaban J connectivity index is 1.38. The van der Waals surface area contributed by atoms with Gasteiger partial charge in [0.1, 0.15) is 11.2 Å². The van der Waals surface area contributed by atoms with Crippen LogP contribution in [0.15, 0.2) is 48.5 Å². The fraction of sp³-hybridized carbons (Fsp3) is 0.379. The normalized spacial score (nSPS) is 18.9. The van der Waals surface area contributed by atoms with Gasteiger partial charge in [-0.1, -0.05) is 45.0 Å². The average Bonchev–Trinajstić information content (AvgIpc) is 3.23. The van der Waals surface area contributed by atoms with Gasteiger partial charge in [-0.15, -0.1) is 11.3 Å². The number of hydrogen-bond acceptors (Lipinski definition) is 6. The van der Waals surface area contributed by atoms with Crippen molar-refractivity contribution in [2.24, 2.45) is 11.3 Å². The summed E-state index contributed by atoms with van der Waals surface area (Å²) in [5, 5.41) is 7.58. The van der Waals surface area contributed by atoms with Crippen LogP contribution in [0.1, 0.15) is 77.0 Å². The molecule has 2 atom stereocenters. The molecule has 36 heavy (non-hydrogen) atoms. The Kier molecular flexibility index (Phi) is 6.51. The number of hydrogen-bond donors (Lipinski definition) is 2. The van der Waals surface area contributed by atoms with Crippen molar-refractivity contribution in [3.63, 3.8) is 0 Å². The molecule has 3 aromatic rings. The van der Waals surface area contributed by atoms with Crippen LogP contribution in [0.3, 0.4) is 0 Å². The highest BCUT2D eigenvalue weighted by Crippen LogP contribution is 2.46. The minimum absolute atomic E-state index is 0.0435. The number of carbonyl (C=O) groups excluding carboxylic acids is 2. The van der Waals surface area contributed by atoms with Gasteiger partial charge in [0.2, 0.25) is 0 Å². The molecule has 0 fully saturated rings. The second-order valence-electron chi connectivity index (χ2n) is 10.5. The molecule has 1 amide bonds. The number of carbonyl (C=O) groups is 2. The van der Waals surface area contributed by atoms with Crippen LogP contribution in [-0.4, -0.2) is 18.5 Å². The maximum atomic E-state index is 13.2. The van der Waals surface area contributed by atoms with Crippen LogP contribution in [-0.2, 0) is 12.8 Å². The van der Waals surface area contributed by atoms with Crippen LogP contribution in [0.4, 0.5) is 5.00 Å². The third kappa shape index (κ3) is 4.72. The van der Waals surface area contributed by atoms with E-state index in [1.807, 2.05) is 25.1 Å². The Hall–Kier alpha value is -3.32. The van der Waals surface area contributed by atoms with Crippen molar-refractivity contribution in [2.45, 2.75) is 53.1 Å². The Labute approximate surface area is 216 Å². The van der Waals surface area contributed by atoms with Gasteiger partial charge in [0.25, 0.3) is 5.91 Å².